The Bertz CT molecular complexity index is 404. The zero-order valence-electron chi connectivity index (χ0n) is 9.43. The minimum atomic E-state index is -0.431. The molecule has 1 unspecified atom stereocenters. The van der Waals surface area contributed by atoms with Crippen LogP contribution in [-0.2, 0) is 0 Å². The summed E-state index contributed by atoms with van der Waals surface area (Å²) in [5.74, 6) is 0.650. The van der Waals surface area contributed by atoms with Crippen LogP contribution in [0.4, 0.5) is 11.5 Å². The fraction of sp³-hybridized carbons (Fsp3) is 0.364. The first-order chi connectivity index (χ1) is 7.54. The normalized spacial score (nSPS) is 11.9. The molecule has 86 valence electrons. The Morgan fingerprint density at radius 3 is 2.88 bits per heavy atom. The van der Waals surface area contributed by atoms with Gasteiger partial charge >= 0.3 is 0 Å². The maximum Gasteiger partial charge on any atom is 0.290 e. The molecule has 0 aromatic carbocycles. The van der Waals surface area contributed by atoms with Crippen LogP contribution in [0.2, 0.25) is 0 Å². The third-order valence-electron chi connectivity index (χ3n) is 2.17. The van der Waals surface area contributed by atoms with Gasteiger partial charge in [-0.3, -0.25) is 10.1 Å². The van der Waals surface area contributed by atoms with Gasteiger partial charge in [-0.25, -0.2) is 4.98 Å². The van der Waals surface area contributed by atoms with Gasteiger partial charge in [0.15, 0.2) is 0 Å². The summed E-state index contributed by atoms with van der Waals surface area (Å²) in [6.45, 7) is 7.27. The maximum absolute atomic E-state index is 10.6. The molecule has 0 amide bonds. The second-order valence-corrected chi connectivity index (χ2v) is 3.63. The number of hydrogen-bond donors (Lipinski definition) is 1. The van der Waals surface area contributed by atoms with Crippen molar-refractivity contribution in [1.82, 2.24) is 4.98 Å². The molecule has 1 aromatic rings. The van der Waals surface area contributed by atoms with E-state index in [4.69, 9.17) is 0 Å². The Balaban J connectivity index is 2.81. The molecule has 0 fully saturated rings. The lowest BCUT2D eigenvalue weighted by molar-refractivity contribution is -0.385. The van der Waals surface area contributed by atoms with Crippen molar-refractivity contribution in [2.75, 3.05) is 5.32 Å². The van der Waals surface area contributed by atoms with E-state index in [0.717, 1.165) is 6.42 Å². The summed E-state index contributed by atoms with van der Waals surface area (Å²) >= 11 is 0. The van der Waals surface area contributed by atoms with Gasteiger partial charge in [0.1, 0.15) is 11.5 Å². The van der Waals surface area contributed by atoms with Gasteiger partial charge < -0.3 is 5.32 Å². The zero-order valence-corrected chi connectivity index (χ0v) is 9.43. The quantitative estimate of drug-likeness (QED) is 0.471. The predicted molar refractivity (Wildman–Crippen MR) is 63.5 cm³/mol. The lowest BCUT2D eigenvalue weighted by atomic mass is 10.2. The van der Waals surface area contributed by atoms with E-state index >= 15 is 0 Å². The fourth-order valence-corrected chi connectivity index (χ4v) is 1.39. The minimum absolute atomic E-state index is 0.0434. The van der Waals surface area contributed by atoms with Crippen molar-refractivity contribution in [2.45, 2.75) is 26.3 Å². The Kier molecular flexibility index (Phi) is 3.99. The summed E-state index contributed by atoms with van der Waals surface area (Å²) in [4.78, 5) is 14.3. The number of hydrogen-bond acceptors (Lipinski definition) is 4. The van der Waals surface area contributed by atoms with E-state index < -0.39 is 4.92 Å². The summed E-state index contributed by atoms with van der Waals surface area (Å²) in [6, 6.07) is 3.29. The van der Waals surface area contributed by atoms with Crippen molar-refractivity contribution in [3.05, 3.63) is 40.6 Å². The van der Waals surface area contributed by atoms with Crippen molar-refractivity contribution in [2.24, 2.45) is 0 Å². The molecule has 5 heteroatoms. The van der Waals surface area contributed by atoms with E-state index in [-0.39, 0.29) is 11.7 Å². The number of nitrogens with zero attached hydrogens (tertiary/aromatic N) is 2. The molecule has 0 aliphatic carbocycles. The van der Waals surface area contributed by atoms with Crippen LogP contribution in [0, 0.1) is 17.0 Å². The molecule has 5 nitrogen and oxygen atoms in total. The Morgan fingerprint density at radius 1 is 1.69 bits per heavy atom. The van der Waals surface area contributed by atoms with Crippen molar-refractivity contribution in [3.8, 4) is 0 Å². The lowest BCUT2D eigenvalue weighted by Crippen LogP contribution is -2.15. The van der Waals surface area contributed by atoms with Crippen LogP contribution in [0.3, 0.4) is 0 Å². The third kappa shape index (κ3) is 3.05. The first kappa shape index (κ1) is 12.2. The number of nitrogens with one attached hydrogen (secondary N) is 1. The highest BCUT2D eigenvalue weighted by molar-refractivity contribution is 5.45. The largest absolute Gasteiger partial charge is 0.367 e. The molecule has 1 rings (SSSR count). The van der Waals surface area contributed by atoms with Crippen molar-refractivity contribution in [1.29, 1.82) is 0 Å². The monoisotopic (exact) mass is 221 g/mol. The highest BCUT2D eigenvalue weighted by Gasteiger charge is 2.12. The van der Waals surface area contributed by atoms with Gasteiger partial charge in [-0.2, -0.15) is 0 Å². The van der Waals surface area contributed by atoms with E-state index in [9.17, 15) is 10.1 Å². The first-order valence-electron chi connectivity index (χ1n) is 5.04. The van der Waals surface area contributed by atoms with Gasteiger partial charge in [-0.15, -0.1) is 6.58 Å². The summed E-state index contributed by atoms with van der Waals surface area (Å²) in [5, 5.41) is 13.7. The fourth-order valence-electron chi connectivity index (χ4n) is 1.39. The van der Waals surface area contributed by atoms with Gasteiger partial charge in [-0.1, -0.05) is 6.08 Å². The number of anilines is 1. The standard InChI is InChI=1S/C11H15N3O2/c1-4-5-8(2)12-11-7-6-10(14(15)16)9(3)13-11/h4,6-8H,1,5H2,2-3H3,(H,12,13). The van der Waals surface area contributed by atoms with Gasteiger partial charge in [0.2, 0.25) is 0 Å². The molecule has 0 aliphatic heterocycles. The Morgan fingerprint density at radius 2 is 2.38 bits per heavy atom. The zero-order chi connectivity index (χ0) is 12.1. The van der Waals surface area contributed by atoms with Crippen molar-refractivity contribution < 1.29 is 4.92 Å². The molecule has 1 N–H and O–H groups in total. The molecule has 16 heavy (non-hydrogen) atoms. The summed E-state index contributed by atoms with van der Waals surface area (Å²) < 4.78 is 0. The van der Waals surface area contributed by atoms with E-state index in [1.165, 1.54) is 6.07 Å². The third-order valence-corrected chi connectivity index (χ3v) is 2.17. The smallest absolute Gasteiger partial charge is 0.290 e. The predicted octanol–water partition coefficient (Wildman–Crippen LogP) is 2.67. The SMILES string of the molecule is C=CCC(C)Nc1ccc([N+](=O)[O-])c(C)n1. The average Bonchev–Trinajstić information content (AvgIpc) is 2.17. The van der Waals surface area contributed by atoms with Crippen LogP contribution < -0.4 is 5.32 Å². The topological polar surface area (TPSA) is 68.1 Å². The lowest BCUT2D eigenvalue weighted by Gasteiger charge is -2.12. The van der Waals surface area contributed by atoms with Crippen LogP contribution >= 0.6 is 0 Å². The average molecular weight is 221 g/mol. The minimum Gasteiger partial charge on any atom is -0.367 e. The molecule has 1 aromatic heterocycles. The summed E-state index contributed by atoms with van der Waals surface area (Å²) in [7, 11) is 0. The number of aryl methyl sites for hydroxylation is 1. The van der Waals surface area contributed by atoms with Gasteiger partial charge in [-0.05, 0) is 26.3 Å². The van der Waals surface area contributed by atoms with E-state index in [1.54, 1.807) is 13.0 Å². The van der Waals surface area contributed by atoms with Gasteiger partial charge in [0.05, 0.1) is 4.92 Å². The molecule has 0 bridgehead atoms. The van der Waals surface area contributed by atoms with E-state index in [1.807, 2.05) is 13.0 Å². The Hall–Kier alpha value is -1.91. The Labute approximate surface area is 94.4 Å². The molecule has 0 radical (unpaired) electrons. The maximum atomic E-state index is 10.6. The molecular weight excluding hydrogens is 206 g/mol. The highest BCUT2D eigenvalue weighted by atomic mass is 16.6. The summed E-state index contributed by atoms with van der Waals surface area (Å²) in [5.41, 5.74) is 0.461. The number of nitro groups is 1. The molecule has 0 spiro atoms. The van der Waals surface area contributed by atoms with Crippen LogP contribution in [0.5, 0.6) is 0 Å². The molecule has 1 atom stereocenters. The molecule has 0 saturated carbocycles. The molecule has 1 heterocycles. The molecular formula is C11H15N3O2. The highest BCUT2D eigenvalue weighted by Crippen LogP contribution is 2.18. The second kappa shape index (κ2) is 5.25. The molecule has 0 aliphatic rings. The number of rotatable bonds is 5. The van der Waals surface area contributed by atoms with E-state index in [2.05, 4.69) is 16.9 Å². The van der Waals surface area contributed by atoms with Crippen LogP contribution in [0.15, 0.2) is 24.8 Å². The number of aromatic nitrogens is 1. The van der Waals surface area contributed by atoms with Crippen molar-refractivity contribution >= 4 is 11.5 Å². The molecule has 0 saturated heterocycles. The second-order valence-electron chi connectivity index (χ2n) is 3.63. The van der Waals surface area contributed by atoms with Crippen LogP contribution in [0.25, 0.3) is 0 Å². The first-order valence-corrected chi connectivity index (χ1v) is 5.04. The van der Waals surface area contributed by atoms with Crippen molar-refractivity contribution in [3.63, 3.8) is 0 Å². The summed E-state index contributed by atoms with van der Waals surface area (Å²) in [6.07, 6.45) is 2.63. The van der Waals surface area contributed by atoms with Crippen LogP contribution in [0.1, 0.15) is 19.0 Å². The van der Waals surface area contributed by atoms with Crippen LogP contribution in [-0.4, -0.2) is 15.9 Å². The van der Waals surface area contributed by atoms with E-state index in [0.29, 0.717) is 11.5 Å². The van der Waals surface area contributed by atoms with Gasteiger partial charge in [0.25, 0.3) is 5.69 Å². The van der Waals surface area contributed by atoms with Gasteiger partial charge in [0, 0.05) is 12.1 Å². The number of pyridine rings is 1.